The predicted octanol–water partition coefficient (Wildman–Crippen LogP) is 6.15. The zero-order valence-electron chi connectivity index (χ0n) is 16.6. The first-order valence-corrected chi connectivity index (χ1v) is 11.1. The molecule has 2 aliphatic carbocycles. The minimum Gasteiger partial charge on any atom is -0.381 e. The zero-order valence-corrected chi connectivity index (χ0v) is 16.6. The minimum absolute atomic E-state index is 0.398. The maximum absolute atomic E-state index is 6.07. The largest absolute Gasteiger partial charge is 0.381 e. The number of methoxy groups -OCH3 is 1. The summed E-state index contributed by atoms with van der Waals surface area (Å²) in [5.74, 6) is 3.60. The van der Waals surface area contributed by atoms with Gasteiger partial charge in [0.25, 0.3) is 0 Å². The van der Waals surface area contributed by atoms with Crippen molar-refractivity contribution in [3.05, 3.63) is 12.2 Å². The van der Waals surface area contributed by atoms with Crippen LogP contribution in [0.4, 0.5) is 0 Å². The molecule has 0 aromatic carbocycles. The molecule has 1 aliphatic heterocycles. The molecule has 0 aromatic heterocycles. The fourth-order valence-electron chi connectivity index (χ4n) is 5.50. The van der Waals surface area contributed by atoms with Crippen LogP contribution in [0.5, 0.6) is 0 Å². The van der Waals surface area contributed by atoms with Crippen molar-refractivity contribution in [1.29, 1.82) is 0 Å². The van der Waals surface area contributed by atoms with E-state index < -0.39 is 0 Å². The standard InChI is InChI=1S/C23H40O2/c1-3-4-19-8-14-23(25-17-19)13-7-18-5-9-20(10-6-18)21-11-15-22(24-2)16-12-21/h7,13,18-23H,3-6,8-12,14-17H2,1-2H3. The van der Waals surface area contributed by atoms with Gasteiger partial charge in [0.15, 0.2) is 0 Å². The lowest BCUT2D eigenvalue weighted by Crippen LogP contribution is -2.28. The lowest BCUT2D eigenvalue weighted by atomic mass is 9.70. The highest BCUT2D eigenvalue weighted by molar-refractivity contribution is 4.97. The van der Waals surface area contributed by atoms with Gasteiger partial charge in [-0.1, -0.05) is 25.5 Å². The molecule has 2 saturated carbocycles. The van der Waals surface area contributed by atoms with Crippen LogP contribution >= 0.6 is 0 Å². The summed E-state index contributed by atoms with van der Waals surface area (Å²) in [4.78, 5) is 0. The summed E-state index contributed by atoms with van der Waals surface area (Å²) in [6.45, 7) is 3.27. The maximum Gasteiger partial charge on any atom is 0.0756 e. The monoisotopic (exact) mass is 348 g/mol. The van der Waals surface area contributed by atoms with Crippen molar-refractivity contribution in [2.75, 3.05) is 13.7 Å². The van der Waals surface area contributed by atoms with Gasteiger partial charge in [0.1, 0.15) is 0 Å². The number of hydrogen-bond acceptors (Lipinski definition) is 2. The van der Waals surface area contributed by atoms with Crippen LogP contribution in [-0.2, 0) is 9.47 Å². The molecule has 2 atom stereocenters. The fraction of sp³-hybridized carbons (Fsp3) is 0.913. The van der Waals surface area contributed by atoms with Crippen molar-refractivity contribution in [2.24, 2.45) is 23.7 Å². The van der Waals surface area contributed by atoms with Crippen LogP contribution in [0.25, 0.3) is 0 Å². The van der Waals surface area contributed by atoms with Crippen molar-refractivity contribution in [1.82, 2.24) is 0 Å². The Kier molecular flexibility index (Phi) is 7.86. The molecule has 0 bridgehead atoms. The Morgan fingerprint density at radius 3 is 2.08 bits per heavy atom. The van der Waals surface area contributed by atoms with Crippen molar-refractivity contribution >= 4 is 0 Å². The zero-order chi connectivity index (χ0) is 17.5. The molecule has 0 amide bonds. The Morgan fingerprint density at radius 1 is 0.840 bits per heavy atom. The van der Waals surface area contributed by atoms with Crippen molar-refractivity contribution in [2.45, 2.75) is 96.2 Å². The van der Waals surface area contributed by atoms with Gasteiger partial charge in [-0.15, -0.1) is 0 Å². The molecule has 2 heteroatoms. The molecule has 0 radical (unpaired) electrons. The Bertz CT molecular complexity index is 381. The van der Waals surface area contributed by atoms with Crippen LogP contribution in [0.15, 0.2) is 12.2 Å². The van der Waals surface area contributed by atoms with E-state index in [-0.39, 0.29) is 0 Å². The first kappa shape index (κ1) is 19.4. The Hall–Kier alpha value is -0.340. The van der Waals surface area contributed by atoms with Crippen molar-refractivity contribution < 1.29 is 9.47 Å². The van der Waals surface area contributed by atoms with Gasteiger partial charge in [-0.25, -0.2) is 0 Å². The number of ether oxygens (including phenoxy) is 2. The number of rotatable bonds is 6. The van der Waals surface area contributed by atoms with Gasteiger partial charge in [0, 0.05) is 7.11 Å². The van der Waals surface area contributed by atoms with Crippen LogP contribution in [0.3, 0.4) is 0 Å². The summed E-state index contributed by atoms with van der Waals surface area (Å²) in [5, 5.41) is 0. The van der Waals surface area contributed by atoms with E-state index in [1.54, 1.807) is 0 Å². The first-order chi connectivity index (χ1) is 12.3. The summed E-state index contributed by atoms with van der Waals surface area (Å²) in [6, 6.07) is 0. The molecular formula is C23H40O2. The van der Waals surface area contributed by atoms with Gasteiger partial charge < -0.3 is 9.47 Å². The van der Waals surface area contributed by atoms with Crippen LogP contribution in [0, 0.1) is 23.7 Å². The third-order valence-electron chi connectivity index (χ3n) is 7.24. The second-order valence-electron chi connectivity index (χ2n) is 8.94. The van der Waals surface area contributed by atoms with E-state index in [1.807, 2.05) is 7.11 Å². The third-order valence-corrected chi connectivity index (χ3v) is 7.24. The summed E-state index contributed by atoms with van der Waals surface area (Å²) >= 11 is 0. The van der Waals surface area contributed by atoms with E-state index in [0.717, 1.165) is 30.3 Å². The third kappa shape index (κ3) is 5.82. The molecule has 144 valence electrons. The average Bonchev–Trinajstić information content (AvgIpc) is 2.68. The summed E-state index contributed by atoms with van der Waals surface area (Å²) < 4.78 is 11.6. The molecule has 3 aliphatic rings. The fourth-order valence-corrected chi connectivity index (χ4v) is 5.50. The summed E-state index contributed by atoms with van der Waals surface area (Å²) in [7, 11) is 1.88. The van der Waals surface area contributed by atoms with Gasteiger partial charge in [0.05, 0.1) is 18.8 Å². The lowest BCUT2D eigenvalue weighted by molar-refractivity contribution is 0.00798. The Morgan fingerprint density at radius 2 is 1.52 bits per heavy atom. The molecule has 0 aromatic rings. The van der Waals surface area contributed by atoms with E-state index in [1.165, 1.54) is 77.0 Å². The lowest BCUT2D eigenvalue weighted by Gasteiger charge is -2.37. The van der Waals surface area contributed by atoms with Gasteiger partial charge in [-0.05, 0) is 94.3 Å². The molecular weight excluding hydrogens is 308 g/mol. The van der Waals surface area contributed by atoms with Crippen molar-refractivity contribution in [3.8, 4) is 0 Å². The summed E-state index contributed by atoms with van der Waals surface area (Å²) in [5.41, 5.74) is 0. The van der Waals surface area contributed by atoms with Crippen LogP contribution in [-0.4, -0.2) is 25.9 Å². The predicted molar refractivity (Wildman–Crippen MR) is 105 cm³/mol. The van der Waals surface area contributed by atoms with Gasteiger partial charge >= 0.3 is 0 Å². The van der Waals surface area contributed by atoms with Gasteiger partial charge in [-0.2, -0.15) is 0 Å². The topological polar surface area (TPSA) is 18.5 Å². The SMILES string of the molecule is CCCC1CCC(C=CC2CCC(C3CCC(OC)CC3)CC2)OC1. The molecule has 1 saturated heterocycles. The highest BCUT2D eigenvalue weighted by atomic mass is 16.5. The van der Waals surface area contributed by atoms with E-state index in [9.17, 15) is 0 Å². The van der Waals surface area contributed by atoms with Crippen molar-refractivity contribution in [3.63, 3.8) is 0 Å². The second kappa shape index (κ2) is 10.1. The molecule has 2 unspecified atom stereocenters. The van der Waals surface area contributed by atoms with E-state index in [0.29, 0.717) is 12.2 Å². The molecule has 0 N–H and O–H groups in total. The molecule has 3 fully saturated rings. The quantitative estimate of drug-likeness (QED) is 0.536. The molecule has 25 heavy (non-hydrogen) atoms. The number of hydrogen-bond donors (Lipinski definition) is 0. The minimum atomic E-state index is 0.398. The highest BCUT2D eigenvalue weighted by Crippen LogP contribution is 2.40. The second-order valence-corrected chi connectivity index (χ2v) is 8.94. The maximum atomic E-state index is 6.07. The van der Waals surface area contributed by atoms with Crippen LogP contribution in [0.1, 0.15) is 84.0 Å². The van der Waals surface area contributed by atoms with Gasteiger partial charge in [-0.3, -0.25) is 0 Å². The van der Waals surface area contributed by atoms with Gasteiger partial charge in [0.2, 0.25) is 0 Å². The Labute approximate surface area is 155 Å². The van der Waals surface area contributed by atoms with Crippen LogP contribution in [0.2, 0.25) is 0 Å². The van der Waals surface area contributed by atoms with E-state index >= 15 is 0 Å². The smallest absolute Gasteiger partial charge is 0.0756 e. The highest BCUT2D eigenvalue weighted by Gasteiger charge is 2.30. The molecule has 1 heterocycles. The number of allylic oxidation sites excluding steroid dienone is 1. The van der Waals surface area contributed by atoms with E-state index in [2.05, 4.69) is 19.1 Å². The first-order valence-electron chi connectivity index (χ1n) is 11.1. The Balaban J connectivity index is 1.34. The average molecular weight is 349 g/mol. The summed E-state index contributed by atoms with van der Waals surface area (Å²) in [6.07, 6.45) is 22.2. The molecule has 0 spiro atoms. The normalized spacial score (nSPS) is 40.4. The molecule has 2 nitrogen and oxygen atoms in total. The van der Waals surface area contributed by atoms with Crippen LogP contribution < -0.4 is 0 Å². The van der Waals surface area contributed by atoms with E-state index in [4.69, 9.17) is 9.47 Å². The molecule has 3 rings (SSSR count).